The Hall–Kier alpha value is -4.08. The van der Waals surface area contributed by atoms with Gasteiger partial charge >= 0.3 is 6.18 Å². The van der Waals surface area contributed by atoms with Gasteiger partial charge in [0.15, 0.2) is 5.65 Å². The summed E-state index contributed by atoms with van der Waals surface area (Å²) in [6.07, 6.45) is -0.988. The van der Waals surface area contributed by atoms with E-state index in [1.165, 1.54) is 12.1 Å². The summed E-state index contributed by atoms with van der Waals surface area (Å²) in [6.45, 7) is 0. The van der Waals surface area contributed by atoms with Crippen molar-refractivity contribution in [2.45, 2.75) is 6.18 Å². The fourth-order valence-corrected chi connectivity index (χ4v) is 4.02. The first-order valence-electron chi connectivity index (χ1n) is 10.3. The van der Waals surface area contributed by atoms with Crippen LogP contribution in [0, 0.1) is 11.3 Å². The Bertz CT molecular complexity index is 1590. The molecule has 0 aliphatic rings. The molecule has 5 aromatic rings. The summed E-state index contributed by atoms with van der Waals surface area (Å²) in [5.74, 6) is 0. The Morgan fingerprint density at radius 1 is 0.912 bits per heavy atom. The molecule has 0 N–H and O–H groups in total. The van der Waals surface area contributed by atoms with Crippen molar-refractivity contribution in [3.63, 3.8) is 0 Å². The lowest BCUT2D eigenvalue weighted by Crippen LogP contribution is -2.03. The summed E-state index contributed by atoms with van der Waals surface area (Å²) < 4.78 is 40.5. The van der Waals surface area contributed by atoms with Gasteiger partial charge in [0.25, 0.3) is 0 Å². The molecular weight excluding hydrogens is 459 g/mol. The van der Waals surface area contributed by atoms with Gasteiger partial charge in [-0.1, -0.05) is 60.2 Å². The van der Waals surface area contributed by atoms with Crippen LogP contribution >= 0.6 is 11.6 Å². The van der Waals surface area contributed by atoms with Crippen molar-refractivity contribution in [1.82, 2.24) is 9.38 Å². The summed E-state index contributed by atoms with van der Waals surface area (Å²) in [7, 11) is 0. The third-order valence-electron chi connectivity index (χ3n) is 5.55. The summed E-state index contributed by atoms with van der Waals surface area (Å²) >= 11 is 6.08. The van der Waals surface area contributed by atoms with Crippen LogP contribution in [0.5, 0.6) is 0 Å². The van der Waals surface area contributed by atoms with Crippen LogP contribution in [-0.2, 0) is 6.18 Å². The summed E-state index contributed by atoms with van der Waals surface area (Å²) in [6, 6.07) is 24.0. The Morgan fingerprint density at radius 3 is 2.29 bits per heavy atom. The number of benzene rings is 3. The van der Waals surface area contributed by atoms with Gasteiger partial charge in [0.2, 0.25) is 0 Å². The van der Waals surface area contributed by atoms with Crippen molar-refractivity contribution in [3.8, 4) is 17.3 Å². The topological polar surface area (TPSA) is 41.1 Å². The molecule has 0 fully saturated rings. The number of nitriles is 1. The second kappa shape index (κ2) is 8.36. The molecule has 34 heavy (non-hydrogen) atoms. The van der Waals surface area contributed by atoms with E-state index in [2.05, 4.69) is 6.07 Å². The van der Waals surface area contributed by atoms with Crippen molar-refractivity contribution in [2.75, 3.05) is 0 Å². The standard InChI is InChI=1S/C27H15ClF3N3/c28-21-13-9-18(10-14-21)25-15-19(8-5-17-6-11-20(12-7-17)27(29,30)31)22(16-32)26-33-23-3-1-2-4-24(23)34(25)26/h1-15H/b8-5+. The van der Waals surface area contributed by atoms with E-state index in [4.69, 9.17) is 16.6 Å². The molecular formula is C27H15ClF3N3. The number of pyridine rings is 1. The van der Waals surface area contributed by atoms with Crippen LogP contribution < -0.4 is 0 Å². The zero-order valence-corrected chi connectivity index (χ0v) is 18.3. The molecule has 0 radical (unpaired) electrons. The van der Waals surface area contributed by atoms with Crippen LogP contribution in [0.1, 0.15) is 22.3 Å². The van der Waals surface area contributed by atoms with Gasteiger partial charge in [-0.3, -0.25) is 4.40 Å². The van der Waals surface area contributed by atoms with Gasteiger partial charge in [-0.2, -0.15) is 18.4 Å². The van der Waals surface area contributed by atoms with Crippen molar-refractivity contribution in [3.05, 3.63) is 106 Å². The number of rotatable bonds is 3. The lowest BCUT2D eigenvalue weighted by Gasteiger charge is -2.11. The summed E-state index contributed by atoms with van der Waals surface area (Å²) in [5.41, 5.74) is 4.65. The average molecular weight is 474 g/mol. The van der Waals surface area contributed by atoms with E-state index in [-0.39, 0.29) is 0 Å². The fraction of sp³-hybridized carbons (Fsp3) is 0.0370. The molecule has 166 valence electrons. The number of aromatic nitrogens is 2. The summed E-state index contributed by atoms with van der Waals surface area (Å²) in [5, 5.41) is 10.6. The highest BCUT2D eigenvalue weighted by Crippen LogP contribution is 2.32. The number of fused-ring (bicyclic) bond motifs is 3. The summed E-state index contributed by atoms with van der Waals surface area (Å²) in [4.78, 5) is 4.70. The minimum atomic E-state index is -4.39. The lowest BCUT2D eigenvalue weighted by molar-refractivity contribution is -0.137. The van der Waals surface area contributed by atoms with E-state index in [1.54, 1.807) is 24.3 Å². The van der Waals surface area contributed by atoms with Gasteiger partial charge in [-0.05, 0) is 59.2 Å². The first-order valence-corrected chi connectivity index (χ1v) is 10.7. The van der Waals surface area contributed by atoms with Crippen LogP contribution in [0.25, 0.3) is 40.1 Å². The van der Waals surface area contributed by atoms with Crippen molar-refractivity contribution >= 4 is 40.4 Å². The quantitative estimate of drug-likeness (QED) is 0.267. The molecule has 5 rings (SSSR count). The van der Waals surface area contributed by atoms with Crippen molar-refractivity contribution < 1.29 is 13.2 Å². The number of alkyl halides is 3. The van der Waals surface area contributed by atoms with E-state index >= 15 is 0 Å². The minimum absolute atomic E-state index is 0.372. The molecule has 0 aliphatic heterocycles. The third kappa shape index (κ3) is 3.91. The number of hydrogen-bond acceptors (Lipinski definition) is 2. The second-order valence-electron chi connectivity index (χ2n) is 7.69. The highest BCUT2D eigenvalue weighted by atomic mass is 35.5. The highest BCUT2D eigenvalue weighted by Gasteiger charge is 2.29. The number of imidazole rings is 1. The minimum Gasteiger partial charge on any atom is -0.291 e. The molecule has 3 nitrogen and oxygen atoms in total. The second-order valence-corrected chi connectivity index (χ2v) is 8.13. The monoisotopic (exact) mass is 473 g/mol. The Kier molecular flexibility index (Phi) is 5.35. The molecule has 0 unspecified atom stereocenters. The molecule has 0 spiro atoms. The Morgan fingerprint density at radius 2 is 1.62 bits per heavy atom. The van der Waals surface area contributed by atoms with Gasteiger partial charge < -0.3 is 0 Å². The van der Waals surface area contributed by atoms with Crippen molar-refractivity contribution in [1.29, 1.82) is 5.26 Å². The van der Waals surface area contributed by atoms with Crippen LogP contribution in [0.15, 0.2) is 78.9 Å². The lowest BCUT2D eigenvalue weighted by atomic mass is 10.0. The highest BCUT2D eigenvalue weighted by molar-refractivity contribution is 6.30. The van der Waals surface area contributed by atoms with Gasteiger partial charge in [-0.25, -0.2) is 4.98 Å². The number of para-hydroxylation sites is 2. The first-order chi connectivity index (χ1) is 16.3. The molecule has 3 aromatic carbocycles. The van der Waals surface area contributed by atoms with E-state index in [1.807, 2.05) is 46.9 Å². The van der Waals surface area contributed by atoms with Crippen LogP contribution in [0.3, 0.4) is 0 Å². The molecule has 2 aromatic heterocycles. The van der Waals surface area contributed by atoms with Crippen molar-refractivity contribution in [2.24, 2.45) is 0 Å². The molecule has 2 heterocycles. The maximum absolute atomic E-state index is 12.9. The normalized spacial score (nSPS) is 12.0. The molecule has 7 heteroatoms. The van der Waals surface area contributed by atoms with E-state index in [9.17, 15) is 18.4 Å². The predicted molar refractivity (Wildman–Crippen MR) is 128 cm³/mol. The van der Waals surface area contributed by atoms with E-state index in [0.29, 0.717) is 27.4 Å². The molecule has 0 amide bonds. The van der Waals surface area contributed by atoms with Gasteiger partial charge in [0.05, 0.1) is 22.3 Å². The van der Waals surface area contributed by atoms with Gasteiger partial charge in [0, 0.05) is 5.02 Å². The third-order valence-corrected chi connectivity index (χ3v) is 5.80. The molecule has 0 saturated carbocycles. The van der Waals surface area contributed by atoms with Crippen LogP contribution in [0.2, 0.25) is 5.02 Å². The van der Waals surface area contributed by atoms with Crippen LogP contribution in [0.4, 0.5) is 13.2 Å². The number of nitrogens with zero attached hydrogens (tertiary/aromatic N) is 3. The Labute approximate surface area is 198 Å². The average Bonchev–Trinajstić information content (AvgIpc) is 3.22. The number of halogens is 4. The fourth-order valence-electron chi connectivity index (χ4n) is 3.90. The van der Waals surface area contributed by atoms with E-state index < -0.39 is 11.7 Å². The maximum atomic E-state index is 12.9. The molecule has 0 aliphatic carbocycles. The smallest absolute Gasteiger partial charge is 0.291 e. The SMILES string of the molecule is N#Cc1c(/C=C/c2ccc(C(F)(F)F)cc2)cc(-c2ccc(Cl)cc2)n2c1nc1ccccc12. The van der Waals surface area contributed by atoms with E-state index in [0.717, 1.165) is 34.4 Å². The molecule has 0 saturated heterocycles. The largest absolute Gasteiger partial charge is 0.416 e. The number of hydrogen-bond donors (Lipinski definition) is 0. The maximum Gasteiger partial charge on any atom is 0.416 e. The van der Waals surface area contributed by atoms with Gasteiger partial charge in [0.1, 0.15) is 11.6 Å². The zero-order valence-electron chi connectivity index (χ0n) is 17.5. The molecule has 0 bridgehead atoms. The van der Waals surface area contributed by atoms with Crippen LogP contribution in [-0.4, -0.2) is 9.38 Å². The predicted octanol–water partition coefficient (Wildman–Crippen LogP) is 7.87. The Balaban J connectivity index is 1.70. The zero-order chi connectivity index (χ0) is 23.9. The molecule has 0 atom stereocenters. The van der Waals surface area contributed by atoms with Gasteiger partial charge in [-0.15, -0.1) is 0 Å². The first kappa shape index (κ1) is 21.7.